The predicted octanol–water partition coefficient (Wildman–Crippen LogP) is 3.19. The van der Waals surface area contributed by atoms with Crippen LogP contribution >= 0.6 is 0 Å². The molecule has 0 fully saturated rings. The first-order valence-corrected chi connectivity index (χ1v) is 6.77. The van der Waals surface area contributed by atoms with E-state index in [-0.39, 0.29) is 5.41 Å². The second kappa shape index (κ2) is 4.17. The van der Waals surface area contributed by atoms with Crippen molar-refractivity contribution in [3.63, 3.8) is 0 Å². The first kappa shape index (κ1) is 12.4. The average molecular weight is 253 g/mol. The molecule has 98 valence electrons. The maximum absolute atomic E-state index is 11.2. The van der Waals surface area contributed by atoms with E-state index in [1.54, 1.807) is 6.20 Å². The molecule has 1 aromatic heterocycles. The van der Waals surface area contributed by atoms with Crippen molar-refractivity contribution < 1.29 is 5.11 Å². The molecule has 1 heterocycles. The van der Waals surface area contributed by atoms with Crippen molar-refractivity contribution in [2.45, 2.75) is 37.7 Å². The van der Waals surface area contributed by atoms with Gasteiger partial charge in [0, 0.05) is 17.8 Å². The summed E-state index contributed by atoms with van der Waals surface area (Å²) >= 11 is 0. The highest BCUT2D eigenvalue weighted by atomic mass is 16.3. The Morgan fingerprint density at radius 3 is 2.63 bits per heavy atom. The Morgan fingerprint density at radius 1 is 1.11 bits per heavy atom. The number of hydrogen-bond donors (Lipinski definition) is 1. The average Bonchev–Trinajstić information content (AvgIpc) is 2.45. The summed E-state index contributed by atoms with van der Waals surface area (Å²) in [6.45, 7) is 4.07. The number of nitrogens with zero attached hydrogens (tertiary/aromatic N) is 1. The third-order valence-electron chi connectivity index (χ3n) is 4.81. The minimum atomic E-state index is -0.870. The summed E-state index contributed by atoms with van der Waals surface area (Å²) in [5, 5.41) is 11.2. The third-order valence-corrected chi connectivity index (χ3v) is 4.81. The Bertz CT molecular complexity index is 591. The van der Waals surface area contributed by atoms with Crippen molar-refractivity contribution in [2.75, 3.05) is 0 Å². The summed E-state index contributed by atoms with van der Waals surface area (Å²) in [5.41, 5.74) is 2.25. The Morgan fingerprint density at radius 2 is 1.89 bits per heavy atom. The maximum Gasteiger partial charge on any atom is 0.0965 e. The SMILES string of the molecule is C[C@@]1(O)c2ccccc2CC[C@]1(C)c1cccnc1. The Hall–Kier alpha value is -1.67. The lowest BCUT2D eigenvalue weighted by Gasteiger charge is -2.47. The van der Waals surface area contributed by atoms with Crippen LogP contribution in [0.1, 0.15) is 37.0 Å². The third kappa shape index (κ3) is 1.71. The van der Waals surface area contributed by atoms with Crippen LogP contribution in [0.25, 0.3) is 0 Å². The molecule has 1 N–H and O–H groups in total. The van der Waals surface area contributed by atoms with Gasteiger partial charge in [-0.15, -0.1) is 0 Å². The Labute approximate surface area is 114 Å². The molecule has 0 saturated carbocycles. The maximum atomic E-state index is 11.2. The standard InChI is InChI=1S/C17H19NO/c1-16(14-7-5-11-18-12-14)10-9-13-6-3-4-8-15(13)17(16,2)19/h3-8,11-12,19H,9-10H2,1-2H3/t16-,17-/m1/s1. The van der Waals surface area contributed by atoms with Crippen LogP contribution in [0.15, 0.2) is 48.8 Å². The Balaban J connectivity index is 2.16. The van der Waals surface area contributed by atoms with Crippen LogP contribution in [0.2, 0.25) is 0 Å². The molecule has 0 amide bonds. The molecule has 3 rings (SSSR count). The van der Waals surface area contributed by atoms with Crippen molar-refractivity contribution in [1.29, 1.82) is 0 Å². The largest absolute Gasteiger partial charge is 0.385 e. The molecule has 0 unspecified atom stereocenters. The molecule has 0 spiro atoms. The molecular weight excluding hydrogens is 234 g/mol. The van der Waals surface area contributed by atoms with Gasteiger partial charge in [0.25, 0.3) is 0 Å². The number of aryl methyl sites for hydroxylation is 1. The lowest BCUT2D eigenvalue weighted by Crippen LogP contribution is -2.48. The second-order valence-corrected chi connectivity index (χ2v) is 5.80. The van der Waals surface area contributed by atoms with E-state index in [0.717, 1.165) is 24.0 Å². The van der Waals surface area contributed by atoms with Crippen LogP contribution in [-0.2, 0) is 17.4 Å². The van der Waals surface area contributed by atoms with E-state index >= 15 is 0 Å². The van der Waals surface area contributed by atoms with Crippen molar-refractivity contribution in [2.24, 2.45) is 0 Å². The van der Waals surface area contributed by atoms with Gasteiger partial charge >= 0.3 is 0 Å². The van der Waals surface area contributed by atoms with E-state index in [1.807, 2.05) is 37.4 Å². The zero-order valence-corrected chi connectivity index (χ0v) is 11.4. The molecule has 2 aromatic rings. The Kier molecular flexibility index (Phi) is 2.72. The van der Waals surface area contributed by atoms with Crippen molar-refractivity contribution >= 4 is 0 Å². The van der Waals surface area contributed by atoms with Crippen LogP contribution in [-0.4, -0.2) is 10.1 Å². The van der Waals surface area contributed by atoms with E-state index in [1.165, 1.54) is 5.56 Å². The molecule has 1 aromatic carbocycles. The number of aromatic nitrogens is 1. The monoisotopic (exact) mass is 253 g/mol. The number of fused-ring (bicyclic) bond motifs is 1. The molecule has 19 heavy (non-hydrogen) atoms. The van der Waals surface area contributed by atoms with Crippen LogP contribution in [0.5, 0.6) is 0 Å². The summed E-state index contributed by atoms with van der Waals surface area (Å²) in [7, 11) is 0. The molecule has 2 atom stereocenters. The molecule has 2 nitrogen and oxygen atoms in total. The smallest absolute Gasteiger partial charge is 0.0965 e. The fourth-order valence-electron chi connectivity index (χ4n) is 3.25. The normalized spacial score (nSPS) is 29.8. The minimum absolute atomic E-state index is 0.296. The van der Waals surface area contributed by atoms with Crippen LogP contribution < -0.4 is 0 Å². The number of pyridine rings is 1. The molecule has 0 saturated heterocycles. The van der Waals surface area contributed by atoms with Crippen molar-refractivity contribution in [1.82, 2.24) is 4.98 Å². The summed E-state index contributed by atoms with van der Waals surface area (Å²) < 4.78 is 0. The second-order valence-electron chi connectivity index (χ2n) is 5.80. The minimum Gasteiger partial charge on any atom is -0.385 e. The van der Waals surface area contributed by atoms with Gasteiger partial charge in [0.05, 0.1) is 5.60 Å². The molecule has 0 bridgehead atoms. The van der Waals surface area contributed by atoms with Gasteiger partial charge in [0.1, 0.15) is 0 Å². The van der Waals surface area contributed by atoms with Crippen LogP contribution in [0, 0.1) is 0 Å². The molecule has 2 heteroatoms. The summed E-state index contributed by atoms with van der Waals surface area (Å²) in [4.78, 5) is 4.22. The van der Waals surface area contributed by atoms with E-state index < -0.39 is 5.60 Å². The van der Waals surface area contributed by atoms with Gasteiger partial charge in [-0.3, -0.25) is 4.98 Å². The van der Waals surface area contributed by atoms with Gasteiger partial charge in [-0.05, 0) is 42.5 Å². The first-order chi connectivity index (χ1) is 9.06. The quantitative estimate of drug-likeness (QED) is 0.846. The van der Waals surface area contributed by atoms with E-state index in [0.29, 0.717) is 0 Å². The van der Waals surface area contributed by atoms with Gasteiger partial charge in [0.15, 0.2) is 0 Å². The zero-order chi connectivity index (χ0) is 13.5. The summed E-state index contributed by atoms with van der Waals surface area (Å²) in [6, 6.07) is 12.2. The molecule has 1 aliphatic carbocycles. The van der Waals surface area contributed by atoms with E-state index in [9.17, 15) is 5.11 Å². The van der Waals surface area contributed by atoms with Crippen molar-refractivity contribution in [3.8, 4) is 0 Å². The highest BCUT2D eigenvalue weighted by molar-refractivity contribution is 5.42. The highest BCUT2D eigenvalue weighted by Crippen LogP contribution is 2.49. The van der Waals surface area contributed by atoms with E-state index in [4.69, 9.17) is 0 Å². The zero-order valence-electron chi connectivity index (χ0n) is 11.4. The van der Waals surface area contributed by atoms with Gasteiger partial charge in [-0.25, -0.2) is 0 Å². The number of aliphatic hydroxyl groups is 1. The molecule has 0 aliphatic heterocycles. The predicted molar refractivity (Wildman–Crippen MR) is 75.9 cm³/mol. The fraction of sp³-hybridized carbons (Fsp3) is 0.353. The first-order valence-electron chi connectivity index (χ1n) is 6.77. The lowest BCUT2D eigenvalue weighted by atomic mass is 9.60. The molecule has 1 aliphatic rings. The number of rotatable bonds is 1. The van der Waals surface area contributed by atoms with E-state index in [2.05, 4.69) is 24.0 Å². The number of hydrogen-bond acceptors (Lipinski definition) is 2. The van der Waals surface area contributed by atoms with Gasteiger partial charge in [0.2, 0.25) is 0 Å². The lowest BCUT2D eigenvalue weighted by molar-refractivity contribution is -0.0340. The topological polar surface area (TPSA) is 33.1 Å². The van der Waals surface area contributed by atoms with Crippen LogP contribution in [0.4, 0.5) is 0 Å². The van der Waals surface area contributed by atoms with Gasteiger partial charge in [-0.2, -0.15) is 0 Å². The van der Waals surface area contributed by atoms with Crippen molar-refractivity contribution in [3.05, 3.63) is 65.5 Å². The fourth-order valence-corrected chi connectivity index (χ4v) is 3.25. The number of benzene rings is 1. The highest BCUT2D eigenvalue weighted by Gasteiger charge is 2.49. The summed E-state index contributed by atoms with van der Waals surface area (Å²) in [6.07, 6.45) is 5.58. The van der Waals surface area contributed by atoms with Crippen LogP contribution in [0.3, 0.4) is 0 Å². The molecule has 0 radical (unpaired) electrons. The molecular formula is C17H19NO. The summed E-state index contributed by atoms with van der Waals surface area (Å²) in [5.74, 6) is 0. The van der Waals surface area contributed by atoms with Gasteiger partial charge < -0.3 is 5.11 Å². The van der Waals surface area contributed by atoms with Gasteiger partial charge in [-0.1, -0.05) is 37.3 Å².